The first-order valence-electron chi connectivity index (χ1n) is 10.2. The number of carbonyl (C=O) groups excluding carboxylic acids is 1. The normalized spacial score (nSPS) is 15.5. The summed E-state index contributed by atoms with van der Waals surface area (Å²) in [6.45, 7) is 8.24. The van der Waals surface area contributed by atoms with E-state index in [2.05, 4.69) is 52.5 Å². The van der Waals surface area contributed by atoms with Crippen LogP contribution in [-0.2, 0) is 18.4 Å². The summed E-state index contributed by atoms with van der Waals surface area (Å²) >= 11 is 0. The Balaban J connectivity index is 1.36. The van der Waals surface area contributed by atoms with Gasteiger partial charge >= 0.3 is 0 Å². The van der Waals surface area contributed by atoms with Crippen molar-refractivity contribution in [2.45, 2.75) is 20.4 Å². The summed E-state index contributed by atoms with van der Waals surface area (Å²) in [4.78, 5) is 17.0. The van der Waals surface area contributed by atoms with Crippen LogP contribution < -0.4 is 0 Å². The van der Waals surface area contributed by atoms with Crippen molar-refractivity contribution < 1.29 is 4.79 Å². The van der Waals surface area contributed by atoms with Crippen LogP contribution in [0.1, 0.15) is 22.5 Å². The molecule has 1 aromatic heterocycles. The molecule has 0 N–H and O–H groups in total. The van der Waals surface area contributed by atoms with Gasteiger partial charge in [0.05, 0.1) is 5.69 Å². The van der Waals surface area contributed by atoms with E-state index in [0.29, 0.717) is 0 Å². The van der Waals surface area contributed by atoms with Gasteiger partial charge in [0, 0.05) is 57.1 Å². The predicted octanol–water partition coefficient (Wildman–Crippen LogP) is 3.55. The molecule has 1 aliphatic heterocycles. The second-order valence-electron chi connectivity index (χ2n) is 7.78. The van der Waals surface area contributed by atoms with Gasteiger partial charge in [-0.2, -0.15) is 5.10 Å². The van der Waals surface area contributed by atoms with E-state index < -0.39 is 0 Å². The van der Waals surface area contributed by atoms with E-state index in [9.17, 15) is 4.79 Å². The maximum atomic E-state index is 12.6. The SMILES string of the molecule is Cc1nn(C)c(C)c1/C=C/C(=O)N1CCN(Cc2cccc3ccccc23)CC1. The first-order valence-corrected chi connectivity index (χ1v) is 10.2. The fraction of sp³-hybridized carbons (Fsp3) is 0.333. The third-order valence-electron chi connectivity index (χ3n) is 5.92. The minimum Gasteiger partial charge on any atom is -0.337 e. The highest BCUT2D eigenvalue weighted by Gasteiger charge is 2.20. The predicted molar refractivity (Wildman–Crippen MR) is 118 cm³/mol. The van der Waals surface area contributed by atoms with Crippen molar-refractivity contribution >= 4 is 22.8 Å². The monoisotopic (exact) mass is 388 g/mol. The second kappa shape index (κ2) is 8.21. The zero-order valence-electron chi connectivity index (χ0n) is 17.4. The maximum absolute atomic E-state index is 12.6. The zero-order chi connectivity index (χ0) is 20.4. The lowest BCUT2D eigenvalue weighted by Crippen LogP contribution is -2.47. The summed E-state index contributed by atoms with van der Waals surface area (Å²) in [5.41, 5.74) is 4.42. The highest BCUT2D eigenvalue weighted by Crippen LogP contribution is 2.21. The van der Waals surface area contributed by atoms with Gasteiger partial charge in [0.1, 0.15) is 0 Å². The number of fused-ring (bicyclic) bond motifs is 1. The molecule has 29 heavy (non-hydrogen) atoms. The van der Waals surface area contributed by atoms with Crippen molar-refractivity contribution in [2.75, 3.05) is 26.2 Å². The molecule has 1 aliphatic rings. The van der Waals surface area contributed by atoms with Gasteiger partial charge in [0.15, 0.2) is 0 Å². The van der Waals surface area contributed by atoms with Crippen LogP contribution in [0.25, 0.3) is 16.8 Å². The fourth-order valence-corrected chi connectivity index (χ4v) is 4.09. The van der Waals surface area contributed by atoms with Crippen molar-refractivity contribution in [3.05, 3.63) is 71.1 Å². The lowest BCUT2D eigenvalue weighted by molar-refractivity contribution is -0.127. The summed E-state index contributed by atoms with van der Waals surface area (Å²) in [7, 11) is 1.93. The lowest BCUT2D eigenvalue weighted by atomic mass is 10.0. The highest BCUT2D eigenvalue weighted by molar-refractivity contribution is 5.92. The number of rotatable bonds is 4. The molecular weight excluding hydrogens is 360 g/mol. The quantitative estimate of drug-likeness (QED) is 0.642. The van der Waals surface area contributed by atoms with Crippen LogP contribution in [-0.4, -0.2) is 51.7 Å². The Hall–Kier alpha value is -2.92. The molecule has 0 atom stereocenters. The molecule has 0 aliphatic carbocycles. The minimum atomic E-state index is 0.0810. The Morgan fingerprint density at radius 2 is 1.76 bits per heavy atom. The molecule has 4 rings (SSSR count). The van der Waals surface area contributed by atoms with Crippen LogP contribution in [0.15, 0.2) is 48.5 Å². The summed E-state index contributed by atoms with van der Waals surface area (Å²) in [5, 5.41) is 7.01. The van der Waals surface area contributed by atoms with Crippen LogP contribution in [0.4, 0.5) is 0 Å². The molecule has 2 heterocycles. The van der Waals surface area contributed by atoms with E-state index in [0.717, 1.165) is 49.7 Å². The molecule has 0 bridgehead atoms. The molecule has 0 saturated carbocycles. The second-order valence-corrected chi connectivity index (χ2v) is 7.78. The fourth-order valence-electron chi connectivity index (χ4n) is 4.09. The molecule has 0 spiro atoms. The minimum absolute atomic E-state index is 0.0810. The number of amides is 1. The third kappa shape index (κ3) is 4.10. The maximum Gasteiger partial charge on any atom is 0.246 e. The number of hydrogen-bond donors (Lipinski definition) is 0. The molecule has 150 valence electrons. The van der Waals surface area contributed by atoms with Gasteiger partial charge in [-0.1, -0.05) is 42.5 Å². The van der Waals surface area contributed by atoms with Gasteiger partial charge in [0.2, 0.25) is 5.91 Å². The Bertz CT molecular complexity index is 1050. The molecule has 2 aromatic carbocycles. The van der Waals surface area contributed by atoms with Gasteiger partial charge in [-0.15, -0.1) is 0 Å². The van der Waals surface area contributed by atoms with Crippen LogP contribution >= 0.6 is 0 Å². The van der Waals surface area contributed by atoms with Crippen molar-refractivity contribution in [3.8, 4) is 0 Å². The standard InChI is InChI=1S/C24H28N4O/c1-18-22(19(2)26(3)25-18)11-12-24(29)28-15-13-27(14-16-28)17-21-9-6-8-20-7-4-5-10-23(20)21/h4-12H,13-17H2,1-3H3/b12-11+. The van der Waals surface area contributed by atoms with Crippen molar-refractivity contribution in [3.63, 3.8) is 0 Å². The Morgan fingerprint density at radius 3 is 2.48 bits per heavy atom. The number of aromatic nitrogens is 2. The smallest absolute Gasteiger partial charge is 0.246 e. The molecule has 0 unspecified atom stereocenters. The number of piperazine rings is 1. The first-order chi connectivity index (χ1) is 14.0. The van der Waals surface area contributed by atoms with Crippen molar-refractivity contribution in [1.29, 1.82) is 0 Å². The van der Waals surface area contributed by atoms with E-state index in [1.54, 1.807) is 6.08 Å². The number of hydrogen-bond acceptors (Lipinski definition) is 3. The van der Waals surface area contributed by atoms with E-state index in [1.807, 2.05) is 36.6 Å². The van der Waals surface area contributed by atoms with E-state index in [1.165, 1.54) is 16.3 Å². The van der Waals surface area contributed by atoms with Gasteiger partial charge in [-0.05, 0) is 36.3 Å². The summed E-state index contributed by atoms with van der Waals surface area (Å²) < 4.78 is 1.85. The zero-order valence-corrected chi connectivity index (χ0v) is 17.4. The topological polar surface area (TPSA) is 41.4 Å². The number of carbonyl (C=O) groups is 1. The summed E-state index contributed by atoms with van der Waals surface area (Å²) in [6, 6.07) is 15.0. The van der Waals surface area contributed by atoms with Crippen molar-refractivity contribution in [1.82, 2.24) is 19.6 Å². The molecule has 0 radical (unpaired) electrons. The molecule has 1 saturated heterocycles. The average molecular weight is 389 g/mol. The first kappa shape index (κ1) is 19.4. The average Bonchev–Trinajstić information content (AvgIpc) is 2.98. The van der Waals surface area contributed by atoms with E-state index in [-0.39, 0.29) is 5.91 Å². The Kier molecular flexibility index (Phi) is 5.49. The van der Waals surface area contributed by atoms with Gasteiger partial charge in [-0.3, -0.25) is 14.4 Å². The van der Waals surface area contributed by atoms with Crippen LogP contribution in [0.2, 0.25) is 0 Å². The number of nitrogens with zero attached hydrogens (tertiary/aromatic N) is 4. The van der Waals surface area contributed by atoms with Crippen LogP contribution in [0.5, 0.6) is 0 Å². The van der Waals surface area contributed by atoms with Crippen molar-refractivity contribution in [2.24, 2.45) is 7.05 Å². The Labute approximate surface area is 172 Å². The molecule has 1 amide bonds. The van der Waals surface area contributed by atoms with Gasteiger partial charge in [0.25, 0.3) is 0 Å². The summed E-state index contributed by atoms with van der Waals surface area (Å²) in [5.74, 6) is 0.0810. The molecular formula is C24H28N4O. The van der Waals surface area contributed by atoms with E-state index >= 15 is 0 Å². The summed E-state index contributed by atoms with van der Waals surface area (Å²) in [6.07, 6.45) is 3.60. The third-order valence-corrected chi connectivity index (χ3v) is 5.92. The molecule has 5 heteroatoms. The van der Waals surface area contributed by atoms with Crippen LogP contribution in [0, 0.1) is 13.8 Å². The molecule has 3 aromatic rings. The van der Waals surface area contributed by atoms with E-state index in [4.69, 9.17) is 0 Å². The van der Waals surface area contributed by atoms with Gasteiger partial charge in [-0.25, -0.2) is 0 Å². The molecule has 1 fully saturated rings. The van der Waals surface area contributed by atoms with Crippen LogP contribution in [0.3, 0.4) is 0 Å². The number of benzene rings is 2. The molecule has 5 nitrogen and oxygen atoms in total. The Morgan fingerprint density at radius 1 is 1.03 bits per heavy atom. The number of aryl methyl sites for hydroxylation is 2. The largest absolute Gasteiger partial charge is 0.337 e. The van der Waals surface area contributed by atoms with Gasteiger partial charge < -0.3 is 4.90 Å². The lowest BCUT2D eigenvalue weighted by Gasteiger charge is -2.34. The highest BCUT2D eigenvalue weighted by atomic mass is 16.2.